The zero-order valence-corrected chi connectivity index (χ0v) is 10.2. The lowest BCUT2D eigenvalue weighted by atomic mass is 9.92. The monoisotopic (exact) mass is 226 g/mol. The van der Waals surface area contributed by atoms with Crippen molar-refractivity contribution in [3.05, 3.63) is 46.5 Å². The zero-order chi connectivity index (χ0) is 11.7. The van der Waals surface area contributed by atoms with Crippen molar-refractivity contribution in [3.8, 4) is 0 Å². The van der Waals surface area contributed by atoms with Crippen molar-refractivity contribution in [2.75, 3.05) is 0 Å². The first kappa shape index (κ1) is 10.8. The second-order valence-electron chi connectivity index (χ2n) is 5.14. The molecule has 0 N–H and O–H groups in total. The molecule has 0 fully saturated rings. The molecule has 0 radical (unpaired) electrons. The topological polar surface area (TPSA) is 17.1 Å². The largest absolute Gasteiger partial charge is 0.289 e. The summed E-state index contributed by atoms with van der Waals surface area (Å²) < 4.78 is 0. The third-order valence-corrected chi connectivity index (χ3v) is 3.94. The standard InChI is InChI=1S/C16H18O/c17-16(13-5-2-1-3-6-13)15-10-9-12-7-4-8-14(12)11-15/h5,9-11H,1-4,6-8H2. The Balaban J connectivity index is 1.88. The van der Waals surface area contributed by atoms with E-state index in [1.165, 1.54) is 36.8 Å². The number of carbonyl (C=O) groups excluding carboxylic acids is 1. The van der Waals surface area contributed by atoms with Crippen LogP contribution in [-0.2, 0) is 12.8 Å². The van der Waals surface area contributed by atoms with E-state index >= 15 is 0 Å². The molecule has 17 heavy (non-hydrogen) atoms. The number of rotatable bonds is 2. The molecule has 1 heteroatoms. The Kier molecular flexibility index (Phi) is 2.84. The highest BCUT2D eigenvalue weighted by Gasteiger charge is 2.17. The van der Waals surface area contributed by atoms with Gasteiger partial charge in [-0.1, -0.05) is 18.2 Å². The predicted octanol–water partition coefficient (Wildman–Crippen LogP) is 3.86. The Bertz CT molecular complexity index is 482. The van der Waals surface area contributed by atoms with Crippen LogP contribution in [0.25, 0.3) is 0 Å². The average Bonchev–Trinajstić information content (AvgIpc) is 2.86. The van der Waals surface area contributed by atoms with Crippen molar-refractivity contribution in [1.29, 1.82) is 0 Å². The number of ketones is 1. The minimum Gasteiger partial charge on any atom is -0.289 e. The summed E-state index contributed by atoms with van der Waals surface area (Å²) in [6.07, 6.45) is 10.2. The molecule has 0 unspecified atom stereocenters. The maximum atomic E-state index is 12.3. The van der Waals surface area contributed by atoms with Crippen LogP contribution in [0.3, 0.4) is 0 Å². The SMILES string of the molecule is O=C(C1=CCCCC1)c1ccc2c(c1)CCC2. The lowest BCUT2D eigenvalue weighted by Gasteiger charge is -2.12. The normalized spacial score (nSPS) is 18.7. The molecule has 2 aliphatic carbocycles. The fourth-order valence-electron chi connectivity index (χ4n) is 2.94. The van der Waals surface area contributed by atoms with Gasteiger partial charge >= 0.3 is 0 Å². The van der Waals surface area contributed by atoms with Gasteiger partial charge in [0.2, 0.25) is 0 Å². The molecule has 3 rings (SSSR count). The first-order valence-corrected chi connectivity index (χ1v) is 6.70. The van der Waals surface area contributed by atoms with E-state index in [1.807, 2.05) is 6.07 Å². The Morgan fingerprint density at radius 2 is 1.82 bits per heavy atom. The van der Waals surface area contributed by atoms with Gasteiger partial charge in [0, 0.05) is 5.56 Å². The maximum Gasteiger partial charge on any atom is 0.188 e. The van der Waals surface area contributed by atoms with Gasteiger partial charge in [-0.15, -0.1) is 0 Å². The molecule has 0 spiro atoms. The fourth-order valence-corrected chi connectivity index (χ4v) is 2.94. The molecular formula is C16H18O. The van der Waals surface area contributed by atoms with Gasteiger partial charge in [0.25, 0.3) is 0 Å². The molecule has 88 valence electrons. The van der Waals surface area contributed by atoms with Crippen molar-refractivity contribution >= 4 is 5.78 Å². The van der Waals surface area contributed by atoms with Crippen LogP contribution in [0, 0.1) is 0 Å². The second kappa shape index (κ2) is 4.48. The minimum absolute atomic E-state index is 0.263. The van der Waals surface area contributed by atoms with Crippen molar-refractivity contribution in [1.82, 2.24) is 0 Å². The van der Waals surface area contributed by atoms with Gasteiger partial charge in [0.05, 0.1) is 0 Å². The summed E-state index contributed by atoms with van der Waals surface area (Å²) in [5, 5.41) is 0. The Hall–Kier alpha value is -1.37. The molecule has 1 aromatic rings. The van der Waals surface area contributed by atoms with Gasteiger partial charge in [-0.3, -0.25) is 4.79 Å². The van der Waals surface area contributed by atoms with Gasteiger partial charge in [0.1, 0.15) is 0 Å². The first-order chi connectivity index (χ1) is 8.34. The summed E-state index contributed by atoms with van der Waals surface area (Å²) in [6.45, 7) is 0. The van der Waals surface area contributed by atoms with Gasteiger partial charge in [0.15, 0.2) is 5.78 Å². The molecule has 1 aromatic carbocycles. The fraction of sp³-hybridized carbons (Fsp3) is 0.438. The van der Waals surface area contributed by atoms with Crippen molar-refractivity contribution in [2.45, 2.75) is 44.9 Å². The maximum absolute atomic E-state index is 12.3. The highest BCUT2D eigenvalue weighted by atomic mass is 16.1. The lowest BCUT2D eigenvalue weighted by molar-refractivity contribution is 0.102. The first-order valence-electron chi connectivity index (χ1n) is 6.70. The van der Waals surface area contributed by atoms with E-state index in [0.29, 0.717) is 0 Å². The smallest absolute Gasteiger partial charge is 0.188 e. The summed E-state index contributed by atoms with van der Waals surface area (Å²) in [4.78, 5) is 12.3. The van der Waals surface area contributed by atoms with Crippen LogP contribution in [-0.4, -0.2) is 5.78 Å². The molecule has 0 saturated heterocycles. The van der Waals surface area contributed by atoms with Crippen molar-refractivity contribution in [3.63, 3.8) is 0 Å². The quantitative estimate of drug-likeness (QED) is 0.700. The van der Waals surface area contributed by atoms with E-state index in [4.69, 9.17) is 0 Å². The number of Topliss-reactive ketones (excluding diaryl/α,β-unsaturated/α-hetero) is 1. The Labute approximate surface area is 103 Å². The summed E-state index contributed by atoms with van der Waals surface area (Å²) in [5.41, 5.74) is 4.78. The van der Waals surface area contributed by atoms with Crippen molar-refractivity contribution < 1.29 is 4.79 Å². The van der Waals surface area contributed by atoms with E-state index < -0.39 is 0 Å². The molecule has 2 aliphatic rings. The molecule has 0 aromatic heterocycles. The lowest BCUT2D eigenvalue weighted by Crippen LogP contribution is -2.07. The van der Waals surface area contributed by atoms with Crippen LogP contribution in [0.5, 0.6) is 0 Å². The molecule has 1 nitrogen and oxygen atoms in total. The number of hydrogen-bond donors (Lipinski definition) is 0. The second-order valence-corrected chi connectivity index (χ2v) is 5.14. The van der Waals surface area contributed by atoms with Gasteiger partial charge in [-0.2, -0.15) is 0 Å². The van der Waals surface area contributed by atoms with Gasteiger partial charge in [-0.25, -0.2) is 0 Å². The minimum atomic E-state index is 0.263. The number of hydrogen-bond acceptors (Lipinski definition) is 1. The highest BCUT2D eigenvalue weighted by Crippen LogP contribution is 2.26. The molecule has 0 heterocycles. The van der Waals surface area contributed by atoms with Crippen LogP contribution < -0.4 is 0 Å². The summed E-state index contributed by atoms with van der Waals surface area (Å²) in [5.74, 6) is 0.263. The number of aryl methyl sites for hydroxylation is 2. The van der Waals surface area contributed by atoms with Crippen molar-refractivity contribution in [2.24, 2.45) is 0 Å². The third-order valence-electron chi connectivity index (χ3n) is 3.94. The molecular weight excluding hydrogens is 208 g/mol. The van der Waals surface area contributed by atoms with Crippen LogP contribution >= 0.6 is 0 Å². The molecule has 0 aliphatic heterocycles. The van der Waals surface area contributed by atoms with E-state index in [2.05, 4.69) is 18.2 Å². The van der Waals surface area contributed by atoms with E-state index in [9.17, 15) is 4.79 Å². The number of carbonyl (C=O) groups is 1. The summed E-state index contributed by atoms with van der Waals surface area (Å²) in [6, 6.07) is 6.29. The van der Waals surface area contributed by atoms with E-state index in [-0.39, 0.29) is 5.78 Å². The molecule has 0 saturated carbocycles. The number of allylic oxidation sites excluding steroid dienone is 2. The predicted molar refractivity (Wildman–Crippen MR) is 69.3 cm³/mol. The van der Waals surface area contributed by atoms with Crippen LogP contribution in [0.1, 0.15) is 53.6 Å². The van der Waals surface area contributed by atoms with Crippen LogP contribution in [0.2, 0.25) is 0 Å². The Morgan fingerprint density at radius 1 is 0.941 bits per heavy atom. The highest BCUT2D eigenvalue weighted by molar-refractivity contribution is 6.08. The average molecular weight is 226 g/mol. The van der Waals surface area contributed by atoms with E-state index in [1.54, 1.807) is 0 Å². The summed E-state index contributed by atoms with van der Waals surface area (Å²) >= 11 is 0. The number of fused-ring (bicyclic) bond motifs is 1. The van der Waals surface area contributed by atoms with Crippen LogP contribution in [0.4, 0.5) is 0 Å². The molecule has 0 atom stereocenters. The summed E-state index contributed by atoms with van der Waals surface area (Å²) in [7, 11) is 0. The number of benzene rings is 1. The van der Waals surface area contributed by atoms with E-state index in [0.717, 1.165) is 30.4 Å². The van der Waals surface area contributed by atoms with Gasteiger partial charge < -0.3 is 0 Å². The van der Waals surface area contributed by atoms with Crippen LogP contribution in [0.15, 0.2) is 29.8 Å². The molecule has 0 bridgehead atoms. The zero-order valence-electron chi connectivity index (χ0n) is 10.2. The Morgan fingerprint density at radius 3 is 2.65 bits per heavy atom. The third kappa shape index (κ3) is 2.06. The molecule has 0 amide bonds. The van der Waals surface area contributed by atoms with Gasteiger partial charge in [-0.05, 0) is 67.7 Å².